The Hall–Kier alpha value is -2.86. The third kappa shape index (κ3) is 4.65. The van der Waals surface area contributed by atoms with Crippen LogP contribution in [-0.4, -0.2) is 50.6 Å². The molecule has 1 heterocycles. The minimum Gasteiger partial charge on any atom is -0.493 e. The molecule has 0 bridgehead atoms. The first-order chi connectivity index (χ1) is 13.1. The highest BCUT2D eigenvalue weighted by molar-refractivity contribution is 5.97. The minimum atomic E-state index is -0.113. The van der Waals surface area contributed by atoms with Gasteiger partial charge in [-0.1, -0.05) is 36.4 Å². The van der Waals surface area contributed by atoms with E-state index in [0.29, 0.717) is 44.1 Å². The molecule has 1 N–H and O–H groups in total. The average Bonchev–Trinajstić information content (AvgIpc) is 2.68. The van der Waals surface area contributed by atoms with Gasteiger partial charge in [0.15, 0.2) is 24.6 Å². The number of ether oxygens (including phenoxy) is 2. The number of carbonyl (C=O) groups is 2. The Kier molecular flexibility index (Phi) is 6.08. The molecule has 0 saturated carbocycles. The summed E-state index contributed by atoms with van der Waals surface area (Å²) in [4.78, 5) is 27.3. The fraction of sp³-hybridized carbons (Fsp3) is 0.333. The second-order valence-corrected chi connectivity index (χ2v) is 6.64. The van der Waals surface area contributed by atoms with Crippen molar-refractivity contribution in [2.45, 2.75) is 13.0 Å². The van der Waals surface area contributed by atoms with Gasteiger partial charge in [-0.2, -0.15) is 0 Å². The van der Waals surface area contributed by atoms with E-state index < -0.39 is 0 Å². The maximum atomic E-state index is 12.5. The van der Waals surface area contributed by atoms with E-state index in [-0.39, 0.29) is 11.8 Å². The molecule has 1 aliphatic rings. The lowest BCUT2D eigenvalue weighted by Gasteiger charge is -2.30. The molecule has 0 radical (unpaired) electrons. The Morgan fingerprint density at radius 1 is 0.889 bits per heavy atom. The first-order valence-corrected chi connectivity index (χ1v) is 9.02. The normalized spacial score (nSPS) is 15.1. The fourth-order valence-corrected chi connectivity index (χ4v) is 3.36. The van der Waals surface area contributed by atoms with Gasteiger partial charge in [0.25, 0.3) is 11.8 Å². The van der Waals surface area contributed by atoms with Crippen molar-refractivity contribution in [2.24, 2.45) is 0 Å². The number of carbonyl (C=O) groups excluding carboxylic acids is 2. The van der Waals surface area contributed by atoms with Gasteiger partial charge in [-0.15, -0.1) is 0 Å². The highest BCUT2D eigenvalue weighted by atomic mass is 16.5. The molecule has 0 spiro atoms. The van der Waals surface area contributed by atoms with Crippen LogP contribution in [0.4, 0.5) is 0 Å². The van der Waals surface area contributed by atoms with Gasteiger partial charge in [-0.3, -0.25) is 14.5 Å². The van der Waals surface area contributed by atoms with Crippen LogP contribution < -0.4 is 14.4 Å². The minimum absolute atomic E-state index is 0.113. The molecule has 142 valence electrons. The largest absolute Gasteiger partial charge is 0.493 e. The smallest absolute Gasteiger partial charge is 0.284 e. The molecule has 6 heteroatoms. The summed E-state index contributed by atoms with van der Waals surface area (Å²) in [5.74, 6) is 1.08. The number of nitrogens with zero attached hydrogens (tertiary/aromatic N) is 1. The number of imide groups is 1. The van der Waals surface area contributed by atoms with Crippen LogP contribution in [0, 0.1) is 0 Å². The highest BCUT2D eigenvalue weighted by Gasteiger charge is 2.33. The zero-order valence-corrected chi connectivity index (χ0v) is 15.7. The van der Waals surface area contributed by atoms with Crippen LogP contribution in [0.15, 0.2) is 48.5 Å². The molecule has 1 saturated heterocycles. The second-order valence-electron chi connectivity index (χ2n) is 6.64. The van der Waals surface area contributed by atoms with Crippen molar-refractivity contribution in [1.82, 2.24) is 4.90 Å². The van der Waals surface area contributed by atoms with Crippen molar-refractivity contribution in [1.29, 1.82) is 0 Å². The third-order valence-electron chi connectivity index (χ3n) is 4.77. The molecule has 2 aromatic carbocycles. The molecule has 0 aromatic heterocycles. The van der Waals surface area contributed by atoms with E-state index in [2.05, 4.69) is 0 Å². The summed E-state index contributed by atoms with van der Waals surface area (Å²) in [6, 6.07) is 15.6. The number of rotatable bonds is 7. The fourth-order valence-electron chi connectivity index (χ4n) is 3.36. The van der Waals surface area contributed by atoms with E-state index in [4.69, 9.17) is 9.47 Å². The van der Waals surface area contributed by atoms with E-state index in [1.165, 1.54) is 4.90 Å². The molecule has 3 rings (SSSR count). The van der Waals surface area contributed by atoms with Gasteiger partial charge >= 0.3 is 0 Å². The highest BCUT2D eigenvalue weighted by Crippen LogP contribution is 2.27. The Morgan fingerprint density at radius 3 is 2.19 bits per heavy atom. The standard InChI is InChI=1S/C21H24N2O4/c1-26-18-9-8-16(12-19(18)27-2)10-11-23-20(24)14-22(15-21(23)25)13-17-6-4-3-5-7-17/h3-9,12H,10-11,13-15H2,1-2H3/p+1. The van der Waals surface area contributed by atoms with Crippen molar-refractivity contribution in [2.75, 3.05) is 33.9 Å². The molecular weight excluding hydrogens is 344 g/mol. The van der Waals surface area contributed by atoms with E-state index in [1.807, 2.05) is 48.5 Å². The molecular formula is C21H25N2O4+. The molecule has 1 fully saturated rings. The topological polar surface area (TPSA) is 60.3 Å². The summed E-state index contributed by atoms with van der Waals surface area (Å²) in [6.45, 7) is 1.74. The number of hydrogen-bond acceptors (Lipinski definition) is 4. The Labute approximate surface area is 159 Å². The molecule has 0 unspecified atom stereocenters. The zero-order valence-electron chi connectivity index (χ0n) is 15.7. The molecule has 0 aliphatic carbocycles. The van der Waals surface area contributed by atoms with Crippen molar-refractivity contribution in [3.05, 3.63) is 59.7 Å². The Balaban J connectivity index is 1.59. The Morgan fingerprint density at radius 2 is 1.56 bits per heavy atom. The van der Waals surface area contributed by atoms with Gasteiger partial charge in [0.2, 0.25) is 0 Å². The third-order valence-corrected chi connectivity index (χ3v) is 4.77. The predicted octanol–water partition coefficient (Wildman–Crippen LogP) is 0.700. The summed E-state index contributed by atoms with van der Waals surface area (Å²) in [5.41, 5.74) is 2.12. The SMILES string of the molecule is COc1ccc(CCN2C(=O)C[NH+](Cc3ccccc3)CC2=O)cc1OC. The van der Waals surface area contributed by atoms with E-state index >= 15 is 0 Å². The van der Waals surface area contributed by atoms with Gasteiger partial charge in [0.1, 0.15) is 6.54 Å². The summed E-state index contributed by atoms with van der Waals surface area (Å²) >= 11 is 0. The van der Waals surface area contributed by atoms with Crippen LogP contribution in [0.2, 0.25) is 0 Å². The van der Waals surface area contributed by atoms with Crippen molar-refractivity contribution >= 4 is 11.8 Å². The van der Waals surface area contributed by atoms with E-state index in [1.54, 1.807) is 14.2 Å². The van der Waals surface area contributed by atoms with Crippen molar-refractivity contribution in [3.8, 4) is 11.5 Å². The number of quaternary nitrogens is 1. The summed E-state index contributed by atoms with van der Waals surface area (Å²) in [5, 5.41) is 0. The number of hydrogen-bond donors (Lipinski definition) is 1. The molecule has 0 atom stereocenters. The van der Waals surface area contributed by atoms with E-state index in [0.717, 1.165) is 16.0 Å². The van der Waals surface area contributed by atoms with Gasteiger partial charge in [-0.25, -0.2) is 0 Å². The lowest BCUT2D eigenvalue weighted by atomic mass is 10.1. The lowest BCUT2D eigenvalue weighted by molar-refractivity contribution is -0.900. The predicted molar refractivity (Wildman–Crippen MR) is 101 cm³/mol. The Bertz CT molecular complexity index is 789. The van der Waals surface area contributed by atoms with Gasteiger partial charge in [0, 0.05) is 12.1 Å². The van der Waals surface area contributed by atoms with Crippen LogP contribution in [0.3, 0.4) is 0 Å². The van der Waals surface area contributed by atoms with Crippen molar-refractivity contribution in [3.63, 3.8) is 0 Å². The van der Waals surface area contributed by atoms with Crippen LogP contribution in [-0.2, 0) is 22.6 Å². The van der Waals surface area contributed by atoms with Gasteiger partial charge in [0.05, 0.1) is 14.2 Å². The summed E-state index contributed by atoms with van der Waals surface area (Å²) < 4.78 is 10.5. The molecule has 6 nitrogen and oxygen atoms in total. The van der Waals surface area contributed by atoms with Crippen LogP contribution in [0.1, 0.15) is 11.1 Å². The quantitative estimate of drug-likeness (QED) is 0.730. The average molecular weight is 369 g/mol. The first kappa shape index (κ1) is 18.9. The molecule has 27 heavy (non-hydrogen) atoms. The molecule has 2 aromatic rings. The molecule has 1 aliphatic heterocycles. The molecule has 2 amide bonds. The number of amides is 2. The van der Waals surface area contributed by atoms with Crippen LogP contribution in [0.25, 0.3) is 0 Å². The van der Waals surface area contributed by atoms with Gasteiger partial charge < -0.3 is 14.4 Å². The van der Waals surface area contributed by atoms with Crippen LogP contribution >= 0.6 is 0 Å². The number of methoxy groups -OCH3 is 2. The van der Waals surface area contributed by atoms with Crippen LogP contribution in [0.5, 0.6) is 11.5 Å². The monoisotopic (exact) mass is 369 g/mol. The van der Waals surface area contributed by atoms with E-state index in [9.17, 15) is 9.59 Å². The zero-order chi connectivity index (χ0) is 19.2. The maximum Gasteiger partial charge on any atom is 0.284 e. The van der Waals surface area contributed by atoms with Gasteiger partial charge in [-0.05, 0) is 24.1 Å². The summed E-state index contributed by atoms with van der Waals surface area (Å²) in [6.07, 6.45) is 0.589. The first-order valence-electron chi connectivity index (χ1n) is 9.02. The summed E-state index contributed by atoms with van der Waals surface area (Å²) in [7, 11) is 3.18. The maximum absolute atomic E-state index is 12.5. The second kappa shape index (κ2) is 8.68. The van der Waals surface area contributed by atoms with Crippen molar-refractivity contribution < 1.29 is 24.0 Å². The number of piperazine rings is 1. The number of benzene rings is 2. The lowest BCUT2D eigenvalue weighted by Crippen LogP contribution is -3.14. The number of nitrogens with one attached hydrogen (secondary N) is 1.